The van der Waals surface area contributed by atoms with Gasteiger partial charge < -0.3 is 5.32 Å². The average Bonchev–Trinajstić information content (AvgIpc) is 3.58. The maximum Gasteiger partial charge on any atom is 0.141 e. The smallest absolute Gasteiger partial charge is 0.141 e. The molecule has 5 aromatic rings. The van der Waals surface area contributed by atoms with Crippen LogP contribution < -0.4 is 5.32 Å². The highest BCUT2D eigenvalue weighted by Crippen LogP contribution is 2.43. The molecule has 1 fully saturated rings. The van der Waals surface area contributed by atoms with Gasteiger partial charge in [0.2, 0.25) is 0 Å². The minimum Gasteiger partial charge on any atom is -0.340 e. The van der Waals surface area contributed by atoms with E-state index in [9.17, 15) is 5.26 Å². The molecule has 0 spiro atoms. The SMILES string of the molecule is N#Cc1ccnc2cc(-c3ccccn3)nc(Nc3ccc4nc(C5CC5)sc4c3)c12. The highest BCUT2D eigenvalue weighted by molar-refractivity contribution is 7.18. The van der Waals surface area contributed by atoms with Gasteiger partial charge in [0.05, 0.1) is 43.1 Å². The van der Waals surface area contributed by atoms with Crippen molar-refractivity contribution in [2.45, 2.75) is 18.8 Å². The van der Waals surface area contributed by atoms with Crippen molar-refractivity contribution in [3.63, 3.8) is 0 Å². The molecule has 6 nitrogen and oxygen atoms in total. The standard InChI is InChI=1S/C24H16N6S/c25-13-15-8-10-27-20-12-19(17-3-1-2-9-26-17)29-23(22(15)20)28-16-6-7-18-21(11-16)31-24(30-18)14-4-5-14/h1-3,6-12,14H,4-5H2,(H,28,29). The van der Waals surface area contributed by atoms with Gasteiger partial charge in [-0.1, -0.05) is 6.07 Å². The van der Waals surface area contributed by atoms with Gasteiger partial charge in [0, 0.05) is 24.0 Å². The third-order valence-corrected chi connectivity index (χ3v) is 6.55. The second-order valence-corrected chi connectivity index (χ2v) is 8.63. The summed E-state index contributed by atoms with van der Waals surface area (Å²) >= 11 is 1.76. The summed E-state index contributed by atoms with van der Waals surface area (Å²) in [5.74, 6) is 1.23. The third kappa shape index (κ3) is 3.27. The van der Waals surface area contributed by atoms with Crippen LogP contribution in [0.15, 0.2) is 60.9 Å². The summed E-state index contributed by atoms with van der Waals surface area (Å²) in [6, 6.07) is 17.7. The molecule has 0 amide bonds. The van der Waals surface area contributed by atoms with Crippen molar-refractivity contribution in [3.8, 4) is 17.5 Å². The van der Waals surface area contributed by atoms with Crippen LogP contribution in [-0.4, -0.2) is 19.9 Å². The van der Waals surface area contributed by atoms with Crippen LogP contribution in [0.4, 0.5) is 11.5 Å². The number of benzene rings is 1. The van der Waals surface area contributed by atoms with Crippen LogP contribution in [0.25, 0.3) is 32.5 Å². The number of nitrogens with one attached hydrogen (secondary N) is 1. The van der Waals surface area contributed by atoms with Crippen molar-refractivity contribution in [2.24, 2.45) is 0 Å². The number of nitriles is 1. The zero-order chi connectivity index (χ0) is 20.8. The molecular weight excluding hydrogens is 404 g/mol. The predicted octanol–water partition coefficient (Wildman–Crippen LogP) is 5.79. The van der Waals surface area contributed by atoms with E-state index in [2.05, 4.69) is 27.4 Å². The number of anilines is 2. The number of fused-ring (bicyclic) bond motifs is 2. The fourth-order valence-corrected chi connectivity index (χ4v) is 4.84. The summed E-state index contributed by atoms with van der Waals surface area (Å²) in [6.07, 6.45) is 5.87. The summed E-state index contributed by atoms with van der Waals surface area (Å²) in [4.78, 5) is 18.5. The Hall–Kier alpha value is -3.89. The Morgan fingerprint density at radius 2 is 1.87 bits per heavy atom. The van der Waals surface area contributed by atoms with Gasteiger partial charge in [-0.2, -0.15) is 5.26 Å². The maximum atomic E-state index is 9.66. The molecule has 0 aliphatic heterocycles. The molecule has 0 unspecified atom stereocenters. The Bertz CT molecular complexity index is 1480. The number of pyridine rings is 3. The Morgan fingerprint density at radius 3 is 2.68 bits per heavy atom. The van der Waals surface area contributed by atoms with E-state index in [1.54, 1.807) is 29.8 Å². The highest BCUT2D eigenvalue weighted by Gasteiger charge is 2.27. The lowest BCUT2D eigenvalue weighted by Crippen LogP contribution is -2.00. The number of hydrogen-bond acceptors (Lipinski definition) is 7. The summed E-state index contributed by atoms with van der Waals surface area (Å²) in [5, 5.41) is 15.0. The van der Waals surface area contributed by atoms with E-state index in [0.29, 0.717) is 33.9 Å². The van der Waals surface area contributed by atoms with Crippen LogP contribution in [0.2, 0.25) is 0 Å². The molecule has 1 aromatic carbocycles. The molecule has 6 rings (SSSR count). The molecule has 1 saturated carbocycles. The van der Waals surface area contributed by atoms with E-state index < -0.39 is 0 Å². The highest BCUT2D eigenvalue weighted by atomic mass is 32.1. The van der Waals surface area contributed by atoms with Crippen LogP contribution in [0, 0.1) is 11.3 Å². The van der Waals surface area contributed by atoms with Crippen LogP contribution in [0.1, 0.15) is 29.3 Å². The molecule has 31 heavy (non-hydrogen) atoms. The number of aromatic nitrogens is 4. The van der Waals surface area contributed by atoms with Gasteiger partial charge in [-0.15, -0.1) is 11.3 Å². The van der Waals surface area contributed by atoms with Crippen LogP contribution in [0.3, 0.4) is 0 Å². The van der Waals surface area contributed by atoms with Gasteiger partial charge in [0.25, 0.3) is 0 Å². The van der Waals surface area contributed by atoms with E-state index in [-0.39, 0.29) is 0 Å². The molecule has 0 saturated heterocycles. The molecule has 4 heterocycles. The Kier molecular flexibility index (Phi) is 4.11. The van der Waals surface area contributed by atoms with Crippen molar-refractivity contribution < 1.29 is 0 Å². The molecule has 148 valence electrons. The zero-order valence-corrected chi connectivity index (χ0v) is 17.2. The van der Waals surface area contributed by atoms with Crippen molar-refractivity contribution in [1.29, 1.82) is 5.26 Å². The molecule has 7 heteroatoms. The van der Waals surface area contributed by atoms with Gasteiger partial charge in [0.15, 0.2) is 0 Å². The quantitative estimate of drug-likeness (QED) is 0.396. The lowest BCUT2D eigenvalue weighted by atomic mass is 10.1. The van der Waals surface area contributed by atoms with Gasteiger partial charge in [-0.3, -0.25) is 9.97 Å². The first-order chi connectivity index (χ1) is 15.3. The van der Waals surface area contributed by atoms with Crippen molar-refractivity contribution in [3.05, 3.63) is 71.5 Å². The lowest BCUT2D eigenvalue weighted by Gasteiger charge is -2.12. The van der Waals surface area contributed by atoms with E-state index in [1.807, 2.05) is 36.4 Å². The number of thiazole rings is 1. The second-order valence-electron chi connectivity index (χ2n) is 7.57. The summed E-state index contributed by atoms with van der Waals surface area (Å²) < 4.78 is 1.15. The molecule has 0 atom stereocenters. The van der Waals surface area contributed by atoms with E-state index in [4.69, 9.17) is 9.97 Å². The Labute approximate surface area is 182 Å². The molecular formula is C24H16N6S. The molecule has 1 aliphatic carbocycles. The molecule has 4 aromatic heterocycles. The van der Waals surface area contributed by atoms with Gasteiger partial charge in [-0.25, -0.2) is 9.97 Å². The number of rotatable bonds is 4. The van der Waals surface area contributed by atoms with Gasteiger partial charge in [0.1, 0.15) is 11.9 Å². The van der Waals surface area contributed by atoms with Crippen molar-refractivity contribution >= 4 is 44.0 Å². The molecule has 0 radical (unpaired) electrons. The monoisotopic (exact) mass is 420 g/mol. The Morgan fingerprint density at radius 1 is 0.935 bits per heavy atom. The number of hydrogen-bond donors (Lipinski definition) is 1. The molecule has 0 bridgehead atoms. The maximum absolute atomic E-state index is 9.66. The topological polar surface area (TPSA) is 87.4 Å². The first-order valence-electron chi connectivity index (χ1n) is 10.1. The van der Waals surface area contributed by atoms with Crippen molar-refractivity contribution in [1.82, 2.24) is 19.9 Å². The summed E-state index contributed by atoms with van der Waals surface area (Å²) in [6.45, 7) is 0. The first-order valence-corrected chi connectivity index (χ1v) is 10.9. The fourth-order valence-electron chi connectivity index (χ4n) is 3.67. The van der Waals surface area contributed by atoms with E-state index >= 15 is 0 Å². The zero-order valence-electron chi connectivity index (χ0n) is 16.4. The average molecular weight is 421 g/mol. The van der Waals surface area contributed by atoms with E-state index in [0.717, 1.165) is 21.6 Å². The second kappa shape index (κ2) is 7.11. The first kappa shape index (κ1) is 17.9. The fraction of sp³-hybridized carbons (Fsp3) is 0.125. The van der Waals surface area contributed by atoms with Crippen LogP contribution in [-0.2, 0) is 0 Å². The lowest BCUT2D eigenvalue weighted by molar-refractivity contribution is 1.10. The van der Waals surface area contributed by atoms with Crippen LogP contribution in [0.5, 0.6) is 0 Å². The summed E-state index contributed by atoms with van der Waals surface area (Å²) in [7, 11) is 0. The normalized spacial score (nSPS) is 13.4. The Balaban J connectivity index is 1.49. The van der Waals surface area contributed by atoms with Crippen LogP contribution >= 0.6 is 11.3 Å². The minimum absolute atomic E-state index is 0.530. The third-order valence-electron chi connectivity index (χ3n) is 5.36. The van der Waals surface area contributed by atoms with Crippen molar-refractivity contribution in [2.75, 3.05) is 5.32 Å². The largest absolute Gasteiger partial charge is 0.340 e. The van der Waals surface area contributed by atoms with E-state index in [1.165, 1.54) is 17.8 Å². The molecule has 1 aliphatic rings. The van der Waals surface area contributed by atoms with Gasteiger partial charge in [-0.05, 0) is 55.3 Å². The summed E-state index contributed by atoms with van der Waals surface area (Å²) in [5.41, 5.74) is 4.61. The minimum atomic E-state index is 0.530. The van der Waals surface area contributed by atoms with Gasteiger partial charge >= 0.3 is 0 Å². The number of nitrogens with zero attached hydrogens (tertiary/aromatic N) is 5. The predicted molar refractivity (Wildman–Crippen MR) is 122 cm³/mol. The molecule has 1 N–H and O–H groups in total.